The highest BCUT2D eigenvalue weighted by atomic mass is 16.5. The van der Waals surface area contributed by atoms with Gasteiger partial charge in [0.15, 0.2) is 0 Å². The highest BCUT2D eigenvalue weighted by Gasteiger charge is 2.71. The molecule has 5 aliphatic carbocycles. The van der Waals surface area contributed by atoms with E-state index in [-0.39, 0.29) is 57.9 Å². The van der Waals surface area contributed by atoms with Crippen LogP contribution in [0.3, 0.4) is 0 Å². The molecule has 0 unspecified atom stereocenters. The molecule has 290 valence electrons. The van der Waals surface area contributed by atoms with Crippen molar-refractivity contribution in [3.8, 4) is 0 Å². The van der Waals surface area contributed by atoms with Crippen molar-refractivity contribution in [1.29, 1.82) is 0 Å². The van der Waals surface area contributed by atoms with Gasteiger partial charge < -0.3 is 15.2 Å². The second kappa shape index (κ2) is 13.3. The van der Waals surface area contributed by atoms with Crippen LogP contribution >= 0.6 is 0 Å². The summed E-state index contributed by atoms with van der Waals surface area (Å²) in [6.07, 6.45) is 11.7. The Labute approximate surface area is 313 Å². The minimum Gasteiger partial charge on any atom is -0.481 e. The molecule has 8 nitrogen and oxygen atoms in total. The van der Waals surface area contributed by atoms with Crippen LogP contribution in [-0.4, -0.2) is 38.8 Å². The van der Waals surface area contributed by atoms with Gasteiger partial charge in [-0.05, 0) is 141 Å². The summed E-state index contributed by atoms with van der Waals surface area (Å²) in [4.78, 5) is 38.4. The lowest BCUT2D eigenvalue weighted by Crippen LogP contribution is -2.67. The Balaban J connectivity index is 1.21. The van der Waals surface area contributed by atoms with Crippen LogP contribution in [0.25, 0.3) is 0 Å². The summed E-state index contributed by atoms with van der Waals surface area (Å²) in [6, 6.07) is 2.06. The SMILES string of the molecule is C=C(C)[C@@H]1CC[C@]2(CC(=O)NCc3cc(C)nn3C)CC[C@]3(C)[C@H](CC[C@@H]4[C@@]5(C)CC[C@H](OC(=O)CC(C)(C)CC(=O)O)C(C)(C)[C@@H]5CC[C@]43C)[C@@H]12. The molecule has 8 heteroatoms. The van der Waals surface area contributed by atoms with Gasteiger partial charge in [0.1, 0.15) is 6.10 Å². The first kappa shape index (κ1) is 39.1. The summed E-state index contributed by atoms with van der Waals surface area (Å²) in [7, 11) is 1.94. The quantitative estimate of drug-likeness (QED) is 0.184. The van der Waals surface area contributed by atoms with Gasteiger partial charge in [0.25, 0.3) is 0 Å². The molecule has 2 N–H and O–H groups in total. The number of hydrogen-bond donors (Lipinski definition) is 2. The Morgan fingerprint density at radius 3 is 2.31 bits per heavy atom. The number of carbonyl (C=O) groups excluding carboxylic acids is 2. The summed E-state index contributed by atoms with van der Waals surface area (Å²) in [5.74, 6) is 1.57. The van der Waals surface area contributed by atoms with Gasteiger partial charge in [0.05, 0.1) is 30.8 Å². The lowest BCUT2D eigenvalue weighted by atomic mass is 9.32. The average Bonchev–Trinajstić information content (AvgIpc) is 3.55. The van der Waals surface area contributed by atoms with Gasteiger partial charge in [-0.2, -0.15) is 5.10 Å². The van der Waals surface area contributed by atoms with Gasteiger partial charge in [-0.25, -0.2) is 0 Å². The number of rotatable bonds is 10. The predicted molar refractivity (Wildman–Crippen MR) is 204 cm³/mol. The Morgan fingerprint density at radius 1 is 0.962 bits per heavy atom. The van der Waals surface area contributed by atoms with E-state index in [2.05, 4.69) is 64.6 Å². The van der Waals surface area contributed by atoms with Gasteiger partial charge in [-0.3, -0.25) is 19.1 Å². The minimum absolute atomic E-state index is 0.0213. The fraction of sp³-hybridized carbons (Fsp3) is 0.818. The number of esters is 1. The number of aromatic nitrogens is 2. The molecule has 52 heavy (non-hydrogen) atoms. The molecule has 1 amide bonds. The number of carboxylic acid groups (broad SMARTS) is 1. The summed E-state index contributed by atoms with van der Waals surface area (Å²) in [6.45, 7) is 25.5. The van der Waals surface area contributed by atoms with Crippen LogP contribution in [-0.2, 0) is 32.7 Å². The van der Waals surface area contributed by atoms with Crippen molar-refractivity contribution >= 4 is 17.8 Å². The van der Waals surface area contributed by atoms with Crippen LogP contribution in [0.4, 0.5) is 0 Å². The van der Waals surface area contributed by atoms with E-state index in [1.165, 1.54) is 31.3 Å². The summed E-state index contributed by atoms with van der Waals surface area (Å²) >= 11 is 0. The first-order valence-electron chi connectivity index (χ1n) is 20.4. The van der Waals surface area contributed by atoms with E-state index in [0.717, 1.165) is 49.9 Å². The molecule has 0 aliphatic heterocycles. The summed E-state index contributed by atoms with van der Waals surface area (Å²) < 4.78 is 8.15. The van der Waals surface area contributed by atoms with E-state index in [4.69, 9.17) is 4.74 Å². The predicted octanol–water partition coefficient (Wildman–Crippen LogP) is 9.20. The largest absolute Gasteiger partial charge is 0.481 e. The summed E-state index contributed by atoms with van der Waals surface area (Å²) in [5.41, 5.74) is 3.04. The number of aliphatic carboxylic acids is 1. The molecule has 0 saturated heterocycles. The zero-order chi connectivity index (χ0) is 38.2. The third kappa shape index (κ3) is 6.37. The maximum atomic E-state index is 13.8. The van der Waals surface area contributed by atoms with Crippen LogP contribution in [0.1, 0.15) is 150 Å². The van der Waals surface area contributed by atoms with E-state index in [0.29, 0.717) is 42.6 Å². The molecular formula is C44H69N3O5. The molecule has 6 rings (SSSR count). The molecule has 1 aromatic heterocycles. The van der Waals surface area contributed by atoms with E-state index >= 15 is 0 Å². The van der Waals surface area contributed by atoms with Crippen molar-refractivity contribution in [3.05, 3.63) is 29.6 Å². The topological polar surface area (TPSA) is 111 Å². The number of carbonyl (C=O) groups is 3. The molecule has 5 saturated carbocycles. The first-order valence-corrected chi connectivity index (χ1v) is 20.4. The molecule has 1 aromatic rings. The van der Waals surface area contributed by atoms with Crippen molar-refractivity contribution in [1.82, 2.24) is 15.1 Å². The van der Waals surface area contributed by atoms with Gasteiger partial charge in [0.2, 0.25) is 5.91 Å². The van der Waals surface area contributed by atoms with Crippen LogP contribution < -0.4 is 5.32 Å². The van der Waals surface area contributed by atoms with Crippen LogP contribution in [0.5, 0.6) is 0 Å². The number of nitrogens with one attached hydrogen (secondary N) is 1. The zero-order valence-corrected chi connectivity index (χ0v) is 34.1. The monoisotopic (exact) mass is 720 g/mol. The van der Waals surface area contributed by atoms with Crippen molar-refractivity contribution in [2.45, 2.75) is 158 Å². The second-order valence-electron chi connectivity index (χ2n) is 20.7. The number of fused-ring (bicyclic) bond motifs is 7. The standard InChI is InChI=1S/C44H69N3O5/c1-27(2)30-14-19-44(23-35(48)45-26-29-22-28(3)46-47(29)11)21-20-42(9)31(38(30)44)12-13-33-41(8)17-16-34(40(6,7)32(41)15-18-43(33,42)10)52-37(51)25-39(4,5)24-36(49)50/h22,30-34,38H,1,12-21,23-26H2,2-11H3,(H,45,48)(H,49,50)/t30-,31+,32-,33+,34-,38+,41-,42+,43+,44+/m0/s1. The van der Waals surface area contributed by atoms with E-state index in [1.54, 1.807) is 0 Å². The van der Waals surface area contributed by atoms with Crippen LogP contribution in [0.2, 0.25) is 0 Å². The van der Waals surface area contributed by atoms with Crippen molar-refractivity contribution in [2.24, 2.45) is 69.1 Å². The number of allylic oxidation sites excluding steroid dienone is 1. The lowest BCUT2D eigenvalue weighted by molar-refractivity contribution is -0.250. The number of nitrogens with zero attached hydrogens (tertiary/aromatic N) is 2. The number of carboxylic acids is 1. The van der Waals surface area contributed by atoms with Crippen molar-refractivity contribution in [3.63, 3.8) is 0 Å². The third-order valence-electron chi connectivity index (χ3n) is 16.8. The van der Waals surface area contributed by atoms with Crippen LogP contribution in [0.15, 0.2) is 18.2 Å². The number of aryl methyl sites for hydroxylation is 2. The number of hydrogen-bond acceptors (Lipinski definition) is 5. The molecule has 0 spiro atoms. The third-order valence-corrected chi connectivity index (χ3v) is 16.8. The zero-order valence-electron chi connectivity index (χ0n) is 34.1. The Kier molecular flexibility index (Phi) is 9.98. The van der Waals surface area contributed by atoms with Crippen molar-refractivity contribution in [2.75, 3.05) is 0 Å². The van der Waals surface area contributed by atoms with E-state index < -0.39 is 11.4 Å². The molecule has 0 bridgehead atoms. The highest BCUT2D eigenvalue weighted by molar-refractivity contribution is 5.77. The Morgan fingerprint density at radius 2 is 1.67 bits per heavy atom. The average molecular weight is 720 g/mol. The maximum Gasteiger partial charge on any atom is 0.306 e. The second-order valence-corrected chi connectivity index (χ2v) is 20.7. The van der Waals surface area contributed by atoms with Crippen molar-refractivity contribution < 1.29 is 24.2 Å². The molecule has 5 aliphatic rings. The fourth-order valence-electron chi connectivity index (χ4n) is 14.2. The molecule has 0 aromatic carbocycles. The first-order chi connectivity index (χ1) is 24.1. The van der Waals surface area contributed by atoms with Gasteiger partial charge >= 0.3 is 11.9 Å². The normalized spacial score (nSPS) is 39.3. The van der Waals surface area contributed by atoms with Gasteiger partial charge in [0, 0.05) is 18.9 Å². The molecule has 0 radical (unpaired) electrons. The molecule has 1 heterocycles. The lowest BCUT2D eigenvalue weighted by Gasteiger charge is -2.73. The molecule has 5 fully saturated rings. The number of ether oxygens (including phenoxy) is 1. The smallest absolute Gasteiger partial charge is 0.306 e. The van der Waals surface area contributed by atoms with E-state index in [1.807, 2.05) is 32.5 Å². The highest BCUT2D eigenvalue weighted by Crippen LogP contribution is 2.78. The minimum atomic E-state index is -0.885. The number of amides is 1. The fourth-order valence-corrected chi connectivity index (χ4v) is 14.2. The molecule has 10 atom stereocenters. The Hall–Kier alpha value is -2.64. The van der Waals surface area contributed by atoms with E-state index in [9.17, 15) is 19.5 Å². The van der Waals surface area contributed by atoms with Gasteiger partial charge in [-0.1, -0.05) is 60.6 Å². The van der Waals surface area contributed by atoms with Crippen LogP contribution in [0, 0.1) is 69.0 Å². The maximum absolute atomic E-state index is 13.8. The summed E-state index contributed by atoms with van der Waals surface area (Å²) in [5, 5.41) is 17.1. The van der Waals surface area contributed by atoms with Gasteiger partial charge in [-0.15, -0.1) is 0 Å². The Bertz CT molecular complexity index is 1590. The molecular weight excluding hydrogens is 651 g/mol.